The third kappa shape index (κ3) is 2.98. The Morgan fingerprint density at radius 2 is 2.06 bits per heavy atom. The van der Waals surface area contributed by atoms with E-state index in [1.807, 2.05) is 12.1 Å². The average molecular weight is 241 g/mol. The first-order valence-corrected chi connectivity index (χ1v) is 5.00. The lowest BCUT2D eigenvalue weighted by Gasteiger charge is -2.17. The van der Waals surface area contributed by atoms with Gasteiger partial charge in [-0.25, -0.2) is 5.84 Å². The number of benzene rings is 1. The molecular formula is C10H15N3O2S. The number of anilines is 1. The van der Waals surface area contributed by atoms with Crippen molar-refractivity contribution in [3.63, 3.8) is 0 Å². The largest absolute Gasteiger partial charge is 0.497 e. The third-order valence-electron chi connectivity index (χ3n) is 1.97. The summed E-state index contributed by atoms with van der Waals surface area (Å²) in [5.74, 6) is 6.85. The number of nitrogens with one attached hydrogen (secondary N) is 1. The Hall–Kier alpha value is -1.53. The van der Waals surface area contributed by atoms with E-state index in [0.717, 1.165) is 11.4 Å². The number of methoxy groups -OCH3 is 2. The van der Waals surface area contributed by atoms with E-state index in [1.165, 1.54) is 5.01 Å². The molecule has 0 radical (unpaired) electrons. The van der Waals surface area contributed by atoms with Gasteiger partial charge in [-0.15, -0.1) is 0 Å². The Balaban J connectivity index is 2.91. The van der Waals surface area contributed by atoms with Gasteiger partial charge in [0, 0.05) is 13.1 Å². The number of nitrogens with two attached hydrogens (primary N) is 1. The van der Waals surface area contributed by atoms with Crippen LogP contribution in [0.25, 0.3) is 0 Å². The molecule has 3 N–H and O–H groups in total. The highest BCUT2D eigenvalue weighted by molar-refractivity contribution is 7.80. The Morgan fingerprint density at radius 1 is 1.38 bits per heavy atom. The summed E-state index contributed by atoms with van der Waals surface area (Å²) in [5, 5.41) is 4.69. The van der Waals surface area contributed by atoms with Gasteiger partial charge in [0.2, 0.25) is 0 Å². The molecule has 0 saturated heterocycles. The second kappa shape index (κ2) is 5.53. The highest BCUT2D eigenvalue weighted by Gasteiger charge is 2.07. The van der Waals surface area contributed by atoms with Crippen LogP contribution in [0.3, 0.4) is 0 Å². The van der Waals surface area contributed by atoms with Gasteiger partial charge in [0.1, 0.15) is 11.5 Å². The Bertz CT molecular complexity index is 382. The van der Waals surface area contributed by atoms with Crippen LogP contribution in [0.2, 0.25) is 0 Å². The van der Waals surface area contributed by atoms with Crippen molar-refractivity contribution < 1.29 is 9.47 Å². The van der Waals surface area contributed by atoms with Crippen molar-refractivity contribution in [3.05, 3.63) is 18.2 Å². The van der Waals surface area contributed by atoms with Gasteiger partial charge in [-0.2, -0.15) is 0 Å². The van der Waals surface area contributed by atoms with E-state index in [-0.39, 0.29) is 0 Å². The monoisotopic (exact) mass is 241 g/mol. The molecule has 0 aliphatic carbocycles. The molecule has 0 heterocycles. The van der Waals surface area contributed by atoms with E-state index < -0.39 is 0 Å². The lowest BCUT2D eigenvalue weighted by molar-refractivity contribution is 0.395. The van der Waals surface area contributed by atoms with Crippen LogP contribution in [0.15, 0.2) is 18.2 Å². The number of nitrogens with zero attached hydrogens (tertiary/aromatic N) is 1. The molecule has 88 valence electrons. The predicted molar refractivity (Wildman–Crippen MR) is 67.7 cm³/mol. The highest BCUT2D eigenvalue weighted by Crippen LogP contribution is 2.28. The number of rotatable bonds is 3. The number of hydrogen-bond acceptors (Lipinski definition) is 4. The minimum Gasteiger partial charge on any atom is -0.497 e. The van der Waals surface area contributed by atoms with Crippen molar-refractivity contribution >= 4 is 23.0 Å². The van der Waals surface area contributed by atoms with Gasteiger partial charge in [-0.1, -0.05) is 0 Å². The minimum atomic E-state index is 0.406. The van der Waals surface area contributed by atoms with Crippen LogP contribution < -0.4 is 20.6 Å². The molecule has 0 aromatic heterocycles. The SMILES string of the molecule is COc1ccc(NC(=S)N(C)N)c(OC)c1. The van der Waals surface area contributed by atoms with E-state index in [4.69, 9.17) is 27.5 Å². The van der Waals surface area contributed by atoms with Crippen LogP contribution in [-0.4, -0.2) is 31.4 Å². The fraction of sp³-hybridized carbons (Fsp3) is 0.300. The molecule has 1 aromatic rings. The second-order valence-electron chi connectivity index (χ2n) is 3.11. The zero-order valence-electron chi connectivity index (χ0n) is 9.48. The smallest absolute Gasteiger partial charge is 0.187 e. The maximum absolute atomic E-state index is 5.50. The summed E-state index contributed by atoms with van der Waals surface area (Å²) in [6.07, 6.45) is 0. The average Bonchev–Trinajstić information content (AvgIpc) is 2.29. The van der Waals surface area contributed by atoms with Crippen LogP contribution in [0.1, 0.15) is 0 Å². The first-order valence-electron chi connectivity index (χ1n) is 4.60. The molecule has 0 amide bonds. The summed E-state index contributed by atoms with van der Waals surface area (Å²) in [5.41, 5.74) is 0.741. The molecule has 0 atom stereocenters. The number of hydrogen-bond donors (Lipinski definition) is 2. The Morgan fingerprint density at radius 3 is 2.56 bits per heavy atom. The van der Waals surface area contributed by atoms with E-state index >= 15 is 0 Å². The molecule has 5 nitrogen and oxygen atoms in total. The van der Waals surface area contributed by atoms with Crippen molar-refractivity contribution in [2.75, 3.05) is 26.6 Å². The number of thiocarbonyl (C=S) groups is 1. The maximum Gasteiger partial charge on any atom is 0.187 e. The standard InChI is InChI=1S/C10H15N3O2S/c1-13(11)10(16)12-8-5-4-7(14-2)6-9(8)15-3/h4-6H,11H2,1-3H3,(H,12,16). The lowest BCUT2D eigenvalue weighted by atomic mass is 10.2. The summed E-state index contributed by atoms with van der Waals surface area (Å²) in [6.45, 7) is 0. The van der Waals surface area contributed by atoms with Crippen molar-refractivity contribution in [2.24, 2.45) is 5.84 Å². The van der Waals surface area contributed by atoms with Crippen molar-refractivity contribution in [1.29, 1.82) is 0 Å². The molecule has 6 heteroatoms. The van der Waals surface area contributed by atoms with Crippen LogP contribution in [0.4, 0.5) is 5.69 Å². The molecule has 1 aromatic carbocycles. The van der Waals surface area contributed by atoms with Crippen LogP contribution in [0.5, 0.6) is 11.5 Å². The second-order valence-corrected chi connectivity index (χ2v) is 3.49. The zero-order valence-corrected chi connectivity index (χ0v) is 10.3. The maximum atomic E-state index is 5.50. The van der Waals surface area contributed by atoms with Gasteiger partial charge < -0.3 is 14.8 Å². The number of hydrazine groups is 1. The first-order chi connectivity index (χ1) is 7.58. The summed E-state index contributed by atoms with van der Waals surface area (Å²) < 4.78 is 10.3. The molecule has 0 aliphatic heterocycles. The van der Waals surface area contributed by atoms with Gasteiger partial charge in [-0.3, -0.25) is 5.01 Å². The van der Waals surface area contributed by atoms with Crippen LogP contribution in [-0.2, 0) is 0 Å². The van der Waals surface area contributed by atoms with E-state index in [9.17, 15) is 0 Å². The van der Waals surface area contributed by atoms with Crippen LogP contribution >= 0.6 is 12.2 Å². The Kier molecular flexibility index (Phi) is 4.33. The normalized spacial score (nSPS) is 9.50. The first kappa shape index (κ1) is 12.5. The van der Waals surface area contributed by atoms with Gasteiger partial charge in [0.15, 0.2) is 5.11 Å². The number of ether oxygens (including phenoxy) is 2. The topological polar surface area (TPSA) is 59.8 Å². The summed E-state index contributed by atoms with van der Waals surface area (Å²) >= 11 is 5.03. The molecule has 0 bridgehead atoms. The summed E-state index contributed by atoms with van der Waals surface area (Å²) in [7, 11) is 4.83. The molecule has 0 aliphatic rings. The molecule has 0 unspecified atom stereocenters. The highest BCUT2D eigenvalue weighted by atomic mass is 32.1. The van der Waals surface area contributed by atoms with E-state index in [1.54, 1.807) is 27.3 Å². The fourth-order valence-corrected chi connectivity index (χ4v) is 1.22. The van der Waals surface area contributed by atoms with Gasteiger partial charge >= 0.3 is 0 Å². The fourth-order valence-electron chi connectivity index (χ4n) is 1.11. The van der Waals surface area contributed by atoms with Gasteiger partial charge in [0.05, 0.1) is 19.9 Å². The van der Waals surface area contributed by atoms with Crippen LogP contribution in [0, 0.1) is 0 Å². The predicted octanol–water partition coefficient (Wildman–Crippen LogP) is 1.21. The van der Waals surface area contributed by atoms with Crippen molar-refractivity contribution in [1.82, 2.24) is 5.01 Å². The molecule has 0 fully saturated rings. The quantitative estimate of drug-likeness (QED) is 0.471. The third-order valence-corrected chi connectivity index (χ3v) is 2.36. The van der Waals surface area contributed by atoms with Gasteiger partial charge in [0.25, 0.3) is 0 Å². The van der Waals surface area contributed by atoms with Crippen molar-refractivity contribution in [2.45, 2.75) is 0 Å². The van der Waals surface area contributed by atoms with Gasteiger partial charge in [-0.05, 0) is 24.4 Å². The molecular weight excluding hydrogens is 226 g/mol. The molecule has 0 spiro atoms. The van der Waals surface area contributed by atoms with E-state index in [0.29, 0.717) is 10.9 Å². The van der Waals surface area contributed by atoms with Crippen molar-refractivity contribution in [3.8, 4) is 11.5 Å². The zero-order chi connectivity index (χ0) is 12.1. The summed E-state index contributed by atoms with van der Waals surface area (Å²) in [4.78, 5) is 0. The van der Waals surface area contributed by atoms with E-state index in [2.05, 4.69) is 5.32 Å². The minimum absolute atomic E-state index is 0.406. The molecule has 16 heavy (non-hydrogen) atoms. The summed E-state index contributed by atoms with van der Waals surface area (Å²) in [6, 6.07) is 5.39. The Labute approximate surface area is 100 Å². The lowest BCUT2D eigenvalue weighted by Crippen LogP contribution is -2.36. The molecule has 0 saturated carbocycles. The molecule has 1 rings (SSSR count).